The van der Waals surface area contributed by atoms with Crippen LogP contribution in [0.4, 0.5) is 4.79 Å². The summed E-state index contributed by atoms with van der Waals surface area (Å²) in [5, 5.41) is 0. The van der Waals surface area contributed by atoms with E-state index < -0.39 is 21.7 Å². The van der Waals surface area contributed by atoms with Crippen molar-refractivity contribution in [2.24, 2.45) is 13.0 Å². The highest BCUT2D eigenvalue weighted by atomic mass is 32.2. The Kier molecular flexibility index (Phi) is 6.48. The van der Waals surface area contributed by atoms with Crippen LogP contribution in [0.1, 0.15) is 19.8 Å². The summed E-state index contributed by atoms with van der Waals surface area (Å²) in [5.74, 6) is -1.10. The predicted octanol–water partition coefficient (Wildman–Crippen LogP) is 0.833. The van der Waals surface area contributed by atoms with E-state index in [9.17, 15) is 22.8 Å². The molecule has 2 saturated heterocycles. The molecule has 0 radical (unpaired) electrons. The molecule has 1 atom stereocenters. The van der Waals surface area contributed by atoms with Gasteiger partial charge in [-0.15, -0.1) is 0 Å². The lowest BCUT2D eigenvalue weighted by molar-refractivity contribution is -0.138. The summed E-state index contributed by atoms with van der Waals surface area (Å²) in [6.07, 6.45) is 0.794. The first-order valence-electron chi connectivity index (χ1n) is 11.0. The monoisotopic (exact) mass is 480 g/mol. The van der Waals surface area contributed by atoms with Crippen molar-refractivity contribution in [1.29, 1.82) is 0 Å². The van der Waals surface area contributed by atoms with Gasteiger partial charge in [0, 0.05) is 52.4 Å². The number of oxazole rings is 1. The fourth-order valence-electron chi connectivity index (χ4n) is 4.37. The Labute approximate surface area is 191 Å². The lowest BCUT2D eigenvalue weighted by Gasteiger charge is -2.38. The first kappa shape index (κ1) is 23.3. The summed E-state index contributed by atoms with van der Waals surface area (Å²) in [6.45, 7) is 4.02. The molecule has 2 aliphatic heterocycles. The highest BCUT2D eigenvalue weighted by molar-refractivity contribution is 7.89. The number of nitrogens with zero attached hydrogens (tertiary/aromatic N) is 4. The van der Waals surface area contributed by atoms with Crippen molar-refractivity contribution in [1.82, 2.24) is 18.7 Å². The summed E-state index contributed by atoms with van der Waals surface area (Å²) in [4.78, 5) is 40.0. The lowest BCUT2D eigenvalue weighted by Crippen LogP contribution is -2.54. The maximum absolute atomic E-state index is 13.3. The fraction of sp³-hybridized carbons (Fsp3) is 0.571. The average Bonchev–Trinajstić information content (AvgIpc) is 3.11. The zero-order valence-corrected chi connectivity index (χ0v) is 19.5. The Bertz CT molecular complexity index is 1210. The number of ether oxygens (including phenoxy) is 1. The van der Waals surface area contributed by atoms with E-state index in [4.69, 9.17) is 9.15 Å². The zero-order valence-electron chi connectivity index (χ0n) is 18.7. The van der Waals surface area contributed by atoms with Crippen LogP contribution in [0.15, 0.2) is 32.3 Å². The molecule has 1 aromatic carbocycles. The molecular formula is C21H28N4O7S. The predicted molar refractivity (Wildman–Crippen MR) is 118 cm³/mol. The molecule has 180 valence electrons. The minimum atomic E-state index is -3.86. The SMILES string of the molecule is CCOC(=O)N1CCN(C(=O)[C@H]2CCCN(S(=O)(=O)c3ccc4c(c3)oc(=O)n4C)C2)CC1. The van der Waals surface area contributed by atoms with Crippen LogP contribution in [-0.2, 0) is 26.6 Å². The molecule has 0 saturated carbocycles. The quantitative estimate of drug-likeness (QED) is 0.635. The van der Waals surface area contributed by atoms with Gasteiger partial charge in [-0.3, -0.25) is 9.36 Å². The number of piperidine rings is 1. The first-order chi connectivity index (χ1) is 15.7. The molecular weight excluding hydrogens is 452 g/mol. The van der Waals surface area contributed by atoms with Crippen molar-refractivity contribution in [3.63, 3.8) is 0 Å². The molecule has 0 bridgehead atoms. The van der Waals surface area contributed by atoms with Gasteiger partial charge >= 0.3 is 11.8 Å². The van der Waals surface area contributed by atoms with Crippen LogP contribution in [-0.4, -0.2) is 85.0 Å². The number of benzene rings is 1. The van der Waals surface area contributed by atoms with E-state index in [1.54, 1.807) is 29.8 Å². The fourth-order valence-corrected chi connectivity index (χ4v) is 5.91. The van der Waals surface area contributed by atoms with E-state index in [1.165, 1.54) is 21.0 Å². The average molecular weight is 481 g/mol. The van der Waals surface area contributed by atoms with Gasteiger partial charge in [-0.05, 0) is 31.9 Å². The van der Waals surface area contributed by atoms with Gasteiger partial charge in [-0.1, -0.05) is 0 Å². The van der Waals surface area contributed by atoms with E-state index in [2.05, 4.69) is 0 Å². The molecule has 11 nitrogen and oxygen atoms in total. The van der Waals surface area contributed by atoms with Crippen molar-refractivity contribution in [2.75, 3.05) is 45.9 Å². The molecule has 2 aliphatic rings. The van der Waals surface area contributed by atoms with E-state index in [0.717, 1.165) is 0 Å². The number of hydrogen-bond donors (Lipinski definition) is 0. The topological polar surface area (TPSA) is 122 Å². The number of hydrogen-bond acceptors (Lipinski definition) is 7. The van der Waals surface area contributed by atoms with Crippen LogP contribution < -0.4 is 5.76 Å². The maximum atomic E-state index is 13.3. The summed E-state index contributed by atoms with van der Waals surface area (Å²) in [5.41, 5.74) is 0.709. The summed E-state index contributed by atoms with van der Waals surface area (Å²) < 4.78 is 39.3. The number of rotatable bonds is 4. The van der Waals surface area contributed by atoms with Crippen molar-refractivity contribution >= 4 is 33.1 Å². The Balaban J connectivity index is 1.44. The third-order valence-corrected chi connectivity index (χ3v) is 8.11. The second-order valence-corrected chi connectivity index (χ2v) is 10.2. The molecule has 0 aliphatic carbocycles. The second-order valence-electron chi connectivity index (χ2n) is 8.27. The number of piperazine rings is 1. The minimum absolute atomic E-state index is 0.0282. The smallest absolute Gasteiger partial charge is 0.419 e. The highest BCUT2D eigenvalue weighted by Gasteiger charge is 2.36. The number of carbonyl (C=O) groups excluding carboxylic acids is 2. The van der Waals surface area contributed by atoms with E-state index in [1.807, 2.05) is 0 Å². The molecule has 2 amide bonds. The van der Waals surface area contributed by atoms with Gasteiger partial charge in [0.1, 0.15) is 0 Å². The summed E-state index contributed by atoms with van der Waals surface area (Å²) in [6, 6.07) is 4.35. The summed E-state index contributed by atoms with van der Waals surface area (Å²) >= 11 is 0. The second kappa shape index (κ2) is 9.18. The highest BCUT2D eigenvalue weighted by Crippen LogP contribution is 2.27. The number of aryl methyl sites for hydroxylation is 1. The Morgan fingerprint density at radius 2 is 1.82 bits per heavy atom. The molecule has 1 aromatic heterocycles. The van der Waals surface area contributed by atoms with Crippen LogP contribution in [0.3, 0.4) is 0 Å². The maximum Gasteiger partial charge on any atom is 0.419 e. The van der Waals surface area contributed by atoms with Crippen LogP contribution in [0.2, 0.25) is 0 Å². The zero-order chi connectivity index (χ0) is 23.8. The Morgan fingerprint density at radius 3 is 2.52 bits per heavy atom. The molecule has 0 unspecified atom stereocenters. The van der Waals surface area contributed by atoms with Gasteiger partial charge in [0.15, 0.2) is 5.58 Å². The van der Waals surface area contributed by atoms with Gasteiger partial charge < -0.3 is 19.0 Å². The molecule has 33 heavy (non-hydrogen) atoms. The number of carbonyl (C=O) groups is 2. The number of sulfonamides is 1. The third-order valence-electron chi connectivity index (χ3n) is 6.25. The third kappa shape index (κ3) is 4.49. The number of aromatic nitrogens is 1. The van der Waals surface area contributed by atoms with E-state index in [-0.39, 0.29) is 29.0 Å². The van der Waals surface area contributed by atoms with Crippen LogP contribution in [0, 0.1) is 5.92 Å². The number of amides is 2. The molecule has 12 heteroatoms. The van der Waals surface area contributed by atoms with E-state index in [0.29, 0.717) is 57.7 Å². The molecule has 4 rings (SSSR count). The molecule has 2 aromatic rings. The van der Waals surface area contributed by atoms with Crippen molar-refractivity contribution in [3.8, 4) is 0 Å². The standard InChI is InChI=1S/C21H28N4O7S/c1-3-31-21(28)24-11-9-23(10-12-24)19(26)15-5-4-8-25(14-15)33(29,30)16-6-7-17-18(13-16)32-20(27)22(17)2/h6-7,13,15H,3-5,8-12,14H2,1-2H3/t15-/m0/s1. The Morgan fingerprint density at radius 1 is 1.12 bits per heavy atom. The van der Waals surface area contributed by atoms with E-state index >= 15 is 0 Å². The van der Waals surface area contributed by atoms with Crippen molar-refractivity contribution in [2.45, 2.75) is 24.7 Å². The van der Waals surface area contributed by atoms with Crippen LogP contribution in [0.5, 0.6) is 0 Å². The first-order valence-corrected chi connectivity index (χ1v) is 12.5. The van der Waals surface area contributed by atoms with Gasteiger partial charge in [0.05, 0.1) is 22.9 Å². The normalized spacial score (nSPS) is 20.2. The van der Waals surface area contributed by atoms with Crippen LogP contribution >= 0.6 is 0 Å². The lowest BCUT2D eigenvalue weighted by atomic mass is 9.98. The van der Waals surface area contributed by atoms with Gasteiger partial charge in [0.25, 0.3) is 0 Å². The number of fused-ring (bicyclic) bond motifs is 1. The van der Waals surface area contributed by atoms with Crippen molar-refractivity contribution in [3.05, 3.63) is 28.7 Å². The molecule has 0 N–H and O–H groups in total. The largest absolute Gasteiger partial charge is 0.450 e. The Hall–Kier alpha value is -2.86. The van der Waals surface area contributed by atoms with Gasteiger partial charge in [-0.25, -0.2) is 18.0 Å². The minimum Gasteiger partial charge on any atom is -0.450 e. The summed E-state index contributed by atoms with van der Waals surface area (Å²) in [7, 11) is -2.31. The van der Waals surface area contributed by atoms with Gasteiger partial charge in [0.2, 0.25) is 15.9 Å². The molecule has 0 spiro atoms. The van der Waals surface area contributed by atoms with Crippen molar-refractivity contribution < 1.29 is 27.2 Å². The molecule has 3 heterocycles. The van der Waals surface area contributed by atoms with Crippen LogP contribution in [0.25, 0.3) is 11.1 Å². The van der Waals surface area contributed by atoms with Gasteiger partial charge in [-0.2, -0.15) is 4.31 Å². The molecule has 2 fully saturated rings.